The summed E-state index contributed by atoms with van der Waals surface area (Å²) in [5, 5.41) is 7.00. The fourth-order valence-electron chi connectivity index (χ4n) is 1.98. The van der Waals surface area contributed by atoms with Gasteiger partial charge in [-0.05, 0) is 37.6 Å². The van der Waals surface area contributed by atoms with Gasteiger partial charge in [0.05, 0.1) is 0 Å². The summed E-state index contributed by atoms with van der Waals surface area (Å²) in [6.45, 7) is 4.56. The lowest BCUT2D eigenvalue weighted by Gasteiger charge is -2.31. The van der Waals surface area contributed by atoms with Crippen LogP contribution in [0.4, 0.5) is 5.69 Å². The van der Waals surface area contributed by atoms with E-state index in [0.29, 0.717) is 12.0 Å². The predicted octanol–water partition coefficient (Wildman–Crippen LogP) is 2.10. The van der Waals surface area contributed by atoms with Gasteiger partial charge in [-0.2, -0.15) is 0 Å². The quantitative estimate of drug-likeness (QED) is 0.746. The number of piperidine rings is 1. The van der Waals surface area contributed by atoms with Crippen LogP contribution in [0.3, 0.4) is 0 Å². The number of para-hydroxylation sites is 1. The molecule has 0 saturated carbocycles. The lowest BCUT2D eigenvalue weighted by Crippen LogP contribution is -2.42. The Balaban J connectivity index is 1.96. The van der Waals surface area contributed by atoms with E-state index in [1.165, 1.54) is 12.1 Å². The second kappa shape index (κ2) is 4.47. The minimum atomic E-state index is 0.624. The van der Waals surface area contributed by atoms with Gasteiger partial charge in [0.1, 0.15) is 0 Å². The maximum atomic E-state index is 3.59. The van der Waals surface area contributed by atoms with E-state index in [4.69, 9.17) is 0 Å². The van der Waals surface area contributed by atoms with E-state index >= 15 is 0 Å². The molecule has 14 heavy (non-hydrogen) atoms. The van der Waals surface area contributed by atoms with Crippen molar-refractivity contribution in [2.24, 2.45) is 5.92 Å². The van der Waals surface area contributed by atoms with Crippen molar-refractivity contribution in [3.8, 4) is 0 Å². The Labute approximate surface area is 85.7 Å². The van der Waals surface area contributed by atoms with E-state index in [9.17, 15) is 0 Å². The predicted molar refractivity (Wildman–Crippen MR) is 60.5 cm³/mol. The number of anilines is 1. The lowest BCUT2D eigenvalue weighted by atomic mass is 9.95. The fraction of sp³-hybridized carbons (Fsp3) is 0.500. The first-order valence-corrected chi connectivity index (χ1v) is 5.38. The molecule has 1 fully saturated rings. The van der Waals surface area contributed by atoms with Gasteiger partial charge in [0.2, 0.25) is 0 Å². The molecule has 2 heteroatoms. The third kappa shape index (κ3) is 2.26. The van der Waals surface area contributed by atoms with Gasteiger partial charge in [-0.1, -0.05) is 25.1 Å². The third-order valence-corrected chi connectivity index (χ3v) is 2.91. The van der Waals surface area contributed by atoms with E-state index in [-0.39, 0.29) is 0 Å². The molecule has 0 aromatic heterocycles. The average Bonchev–Trinajstić information content (AvgIpc) is 2.23. The summed E-state index contributed by atoms with van der Waals surface area (Å²) in [7, 11) is 0. The van der Waals surface area contributed by atoms with Crippen LogP contribution in [0, 0.1) is 5.92 Å². The molecule has 2 rings (SSSR count). The normalized spacial score (nSPS) is 27.2. The van der Waals surface area contributed by atoms with Crippen LogP contribution in [-0.4, -0.2) is 19.1 Å². The maximum absolute atomic E-state index is 3.59. The number of benzene rings is 1. The molecule has 76 valence electrons. The van der Waals surface area contributed by atoms with Crippen molar-refractivity contribution in [1.82, 2.24) is 5.32 Å². The van der Waals surface area contributed by atoms with Crippen molar-refractivity contribution in [2.45, 2.75) is 19.4 Å². The number of hydrogen-bond acceptors (Lipinski definition) is 2. The van der Waals surface area contributed by atoms with Crippen LogP contribution in [0.1, 0.15) is 13.3 Å². The molecule has 0 bridgehead atoms. The second-order valence-corrected chi connectivity index (χ2v) is 4.09. The van der Waals surface area contributed by atoms with Crippen LogP contribution in [0.15, 0.2) is 30.3 Å². The largest absolute Gasteiger partial charge is 0.382 e. The van der Waals surface area contributed by atoms with Crippen LogP contribution in [-0.2, 0) is 0 Å². The molecule has 0 unspecified atom stereocenters. The highest BCUT2D eigenvalue weighted by Gasteiger charge is 2.20. The molecule has 0 amide bonds. The van der Waals surface area contributed by atoms with Gasteiger partial charge >= 0.3 is 0 Å². The van der Waals surface area contributed by atoms with Gasteiger partial charge in [-0.25, -0.2) is 0 Å². The van der Waals surface area contributed by atoms with Crippen molar-refractivity contribution in [2.75, 3.05) is 18.4 Å². The zero-order valence-electron chi connectivity index (χ0n) is 8.66. The molecule has 1 heterocycles. The highest BCUT2D eigenvalue weighted by Crippen LogP contribution is 2.16. The summed E-state index contributed by atoms with van der Waals surface area (Å²) < 4.78 is 0. The Morgan fingerprint density at radius 2 is 2.07 bits per heavy atom. The van der Waals surface area contributed by atoms with Gasteiger partial charge in [0, 0.05) is 11.7 Å². The number of rotatable bonds is 2. The van der Waals surface area contributed by atoms with Crippen LogP contribution in [0.25, 0.3) is 0 Å². The van der Waals surface area contributed by atoms with Gasteiger partial charge in [-0.15, -0.1) is 0 Å². The van der Waals surface area contributed by atoms with Crippen molar-refractivity contribution in [1.29, 1.82) is 0 Å². The van der Waals surface area contributed by atoms with Crippen molar-refractivity contribution >= 4 is 5.69 Å². The second-order valence-electron chi connectivity index (χ2n) is 4.09. The molecule has 1 aliphatic heterocycles. The minimum Gasteiger partial charge on any atom is -0.382 e. The van der Waals surface area contributed by atoms with Crippen molar-refractivity contribution < 1.29 is 0 Å². The summed E-state index contributed by atoms with van der Waals surface area (Å²) in [5.74, 6) is 0.712. The van der Waals surface area contributed by atoms with Gasteiger partial charge < -0.3 is 10.6 Å². The molecular formula is C12H18N2. The monoisotopic (exact) mass is 190 g/mol. The highest BCUT2D eigenvalue weighted by atomic mass is 15.0. The van der Waals surface area contributed by atoms with Gasteiger partial charge in [-0.3, -0.25) is 0 Å². The summed E-state index contributed by atoms with van der Waals surface area (Å²) in [6.07, 6.45) is 1.22. The first-order chi connectivity index (χ1) is 6.86. The Kier molecular flexibility index (Phi) is 3.04. The van der Waals surface area contributed by atoms with Crippen LogP contribution >= 0.6 is 0 Å². The van der Waals surface area contributed by atoms with E-state index in [0.717, 1.165) is 13.1 Å². The molecule has 0 spiro atoms. The Morgan fingerprint density at radius 1 is 1.29 bits per heavy atom. The molecule has 1 aromatic rings. The van der Waals surface area contributed by atoms with Gasteiger partial charge in [0.15, 0.2) is 0 Å². The smallest absolute Gasteiger partial charge is 0.0342 e. The van der Waals surface area contributed by atoms with Crippen molar-refractivity contribution in [3.05, 3.63) is 30.3 Å². The molecule has 0 radical (unpaired) electrons. The molecule has 1 saturated heterocycles. The number of hydrogen-bond donors (Lipinski definition) is 2. The SMILES string of the molecule is C[C@@H]1CNCC[C@@H]1Nc1ccccc1. The first kappa shape index (κ1) is 9.53. The standard InChI is InChI=1S/C12H18N2/c1-10-9-13-8-7-12(10)14-11-5-3-2-4-6-11/h2-6,10,12-14H,7-9H2,1H3/t10-,12+/m1/s1. The van der Waals surface area contributed by atoms with Gasteiger partial charge in [0.25, 0.3) is 0 Å². The van der Waals surface area contributed by atoms with E-state index < -0.39 is 0 Å². The maximum Gasteiger partial charge on any atom is 0.0342 e. The number of nitrogens with one attached hydrogen (secondary N) is 2. The zero-order valence-corrected chi connectivity index (χ0v) is 8.66. The average molecular weight is 190 g/mol. The highest BCUT2D eigenvalue weighted by molar-refractivity contribution is 5.43. The third-order valence-electron chi connectivity index (χ3n) is 2.91. The first-order valence-electron chi connectivity index (χ1n) is 5.38. The van der Waals surface area contributed by atoms with Crippen LogP contribution in [0.5, 0.6) is 0 Å². The Morgan fingerprint density at radius 3 is 2.79 bits per heavy atom. The fourth-order valence-corrected chi connectivity index (χ4v) is 1.98. The molecule has 2 N–H and O–H groups in total. The molecular weight excluding hydrogens is 172 g/mol. The van der Waals surface area contributed by atoms with Crippen molar-refractivity contribution in [3.63, 3.8) is 0 Å². The van der Waals surface area contributed by atoms with E-state index in [1.807, 2.05) is 0 Å². The summed E-state index contributed by atoms with van der Waals surface area (Å²) in [5.41, 5.74) is 1.24. The summed E-state index contributed by atoms with van der Waals surface area (Å²) in [6, 6.07) is 11.1. The van der Waals surface area contributed by atoms with Crippen LogP contribution < -0.4 is 10.6 Å². The van der Waals surface area contributed by atoms with E-state index in [2.05, 4.69) is 47.9 Å². The Bertz CT molecular complexity index is 271. The lowest BCUT2D eigenvalue weighted by molar-refractivity contribution is 0.368. The minimum absolute atomic E-state index is 0.624. The van der Waals surface area contributed by atoms with Crippen LogP contribution in [0.2, 0.25) is 0 Å². The zero-order chi connectivity index (χ0) is 9.80. The molecule has 1 aromatic carbocycles. The Hall–Kier alpha value is -1.02. The molecule has 2 nitrogen and oxygen atoms in total. The molecule has 1 aliphatic rings. The topological polar surface area (TPSA) is 24.1 Å². The summed E-state index contributed by atoms with van der Waals surface area (Å²) >= 11 is 0. The molecule has 0 aliphatic carbocycles. The molecule has 2 atom stereocenters. The van der Waals surface area contributed by atoms with E-state index in [1.54, 1.807) is 0 Å². The summed E-state index contributed by atoms with van der Waals surface area (Å²) in [4.78, 5) is 0.